The number of urea groups is 1. The second-order valence-electron chi connectivity index (χ2n) is 3.04. The van der Waals surface area contributed by atoms with Crippen molar-refractivity contribution in [3.63, 3.8) is 0 Å². The molecule has 5 heteroatoms. The van der Waals surface area contributed by atoms with Gasteiger partial charge in [0.2, 0.25) is 0 Å². The van der Waals surface area contributed by atoms with Gasteiger partial charge in [0.15, 0.2) is 0 Å². The fourth-order valence-corrected chi connectivity index (χ4v) is 1.50. The average molecular weight is 204 g/mol. The molecule has 1 aromatic carbocycles. The zero-order valence-corrected chi connectivity index (χ0v) is 7.98. The highest BCUT2D eigenvalue weighted by Gasteiger charge is 2.38. The van der Waals surface area contributed by atoms with Gasteiger partial charge >= 0.3 is 11.9 Å². The quantitative estimate of drug-likeness (QED) is 0.628. The van der Waals surface area contributed by atoms with Crippen molar-refractivity contribution in [2.45, 2.75) is 0 Å². The predicted molar refractivity (Wildman–Crippen MR) is 52.7 cm³/mol. The molecule has 1 aliphatic heterocycles. The van der Waals surface area contributed by atoms with E-state index in [-0.39, 0.29) is 5.56 Å². The number of carbonyl (C=O) groups excluding carboxylic acids is 3. The Morgan fingerprint density at radius 1 is 1.27 bits per heavy atom. The van der Waals surface area contributed by atoms with Crippen LogP contribution in [-0.4, -0.2) is 24.8 Å². The normalized spacial score (nSPS) is 14.1. The number of imide groups is 1. The van der Waals surface area contributed by atoms with Gasteiger partial charge in [0.25, 0.3) is 5.78 Å². The second-order valence-corrected chi connectivity index (χ2v) is 3.04. The van der Waals surface area contributed by atoms with Crippen LogP contribution in [0.25, 0.3) is 0 Å². The molecular weight excluding hydrogens is 196 g/mol. The highest BCUT2D eigenvalue weighted by Crippen LogP contribution is 2.28. The first kappa shape index (κ1) is 9.39. The lowest BCUT2D eigenvalue weighted by Crippen LogP contribution is -2.41. The second kappa shape index (κ2) is 3.20. The fourth-order valence-electron chi connectivity index (χ4n) is 1.50. The smallest absolute Gasteiger partial charge is 0.328 e. The fraction of sp³-hybridized carbons (Fsp3) is 0.100. The van der Waals surface area contributed by atoms with Crippen molar-refractivity contribution in [2.24, 2.45) is 0 Å². The Morgan fingerprint density at radius 3 is 2.60 bits per heavy atom. The molecule has 1 heterocycles. The molecule has 1 aromatic rings. The van der Waals surface area contributed by atoms with E-state index in [1.807, 2.05) is 0 Å². The summed E-state index contributed by atoms with van der Waals surface area (Å²) in [6, 6.07) is 5.81. The largest absolute Gasteiger partial charge is 0.340 e. The van der Waals surface area contributed by atoms with Gasteiger partial charge in [0, 0.05) is 7.05 Å². The molecular formula is C10H8N2O3. The van der Waals surface area contributed by atoms with Crippen LogP contribution in [0.1, 0.15) is 10.4 Å². The summed E-state index contributed by atoms with van der Waals surface area (Å²) in [4.78, 5) is 35.2. The third-order valence-corrected chi connectivity index (χ3v) is 2.20. The van der Waals surface area contributed by atoms with Gasteiger partial charge in [-0.2, -0.15) is 0 Å². The summed E-state index contributed by atoms with van der Waals surface area (Å²) in [6.45, 7) is 0. The number of benzene rings is 1. The Labute approximate surface area is 85.7 Å². The summed E-state index contributed by atoms with van der Waals surface area (Å²) in [6.07, 6.45) is 0. The van der Waals surface area contributed by atoms with E-state index < -0.39 is 17.7 Å². The molecule has 0 fully saturated rings. The van der Waals surface area contributed by atoms with Gasteiger partial charge in [-0.1, -0.05) is 12.1 Å². The van der Waals surface area contributed by atoms with Crippen LogP contribution >= 0.6 is 0 Å². The number of nitrogens with one attached hydrogen (secondary N) is 1. The zero-order chi connectivity index (χ0) is 11.0. The monoisotopic (exact) mass is 204 g/mol. The van der Waals surface area contributed by atoms with Crippen LogP contribution in [0.2, 0.25) is 0 Å². The van der Waals surface area contributed by atoms with Crippen LogP contribution in [0, 0.1) is 0 Å². The molecule has 1 N–H and O–H groups in total. The van der Waals surface area contributed by atoms with Crippen LogP contribution in [-0.2, 0) is 4.79 Å². The van der Waals surface area contributed by atoms with E-state index in [9.17, 15) is 14.4 Å². The van der Waals surface area contributed by atoms with Crippen molar-refractivity contribution in [1.29, 1.82) is 0 Å². The molecule has 1 aliphatic rings. The first-order valence-corrected chi connectivity index (χ1v) is 4.36. The van der Waals surface area contributed by atoms with Crippen LogP contribution in [0.5, 0.6) is 0 Å². The Kier molecular flexibility index (Phi) is 2.00. The van der Waals surface area contributed by atoms with E-state index in [1.54, 1.807) is 18.2 Å². The molecule has 0 aromatic heterocycles. The first-order chi connectivity index (χ1) is 7.16. The van der Waals surface area contributed by atoms with Gasteiger partial charge in [0.1, 0.15) is 0 Å². The number of amides is 3. The van der Waals surface area contributed by atoms with Crippen molar-refractivity contribution in [1.82, 2.24) is 5.32 Å². The number of hydrogen-bond acceptors (Lipinski definition) is 3. The Balaban J connectivity index is 2.56. The van der Waals surface area contributed by atoms with E-state index >= 15 is 0 Å². The van der Waals surface area contributed by atoms with Crippen molar-refractivity contribution in [2.75, 3.05) is 11.9 Å². The number of Topliss-reactive ketones (excluding diaryl/α,β-unsaturated/α-hetero) is 1. The van der Waals surface area contributed by atoms with Gasteiger partial charge in [0.05, 0.1) is 11.3 Å². The molecule has 0 radical (unpaired) electrons. The van der Waals surface area contributed by atoms with E-state index in [4.69, 9.17) is 0 Å². The number of anilines is 1. The van der Waals surface area contributed by atoms with Crippen molar-refractivity contribution in [3.05, 3.63) is 29.8 Å². The third-order valence-electron chi connectivity index (χ3n) is 2.20. The molecule has 15 heavy (non-hydrogen) atoms. The molecule has 5 nitrogen and oxygen atoms in total. The Bertz CT molecular complexity index is 467. The highest BCUT2D eigenvalue weighted by molar-refractivity contribution is 6.56. The lowest BCUT2D eigenvalue weighted by atomic mass is 10.1. The molecule has 0 saturated carbocycles. The summed E-state index contributed by atoms with van der Waals surface area (Å²) < 4.78 is 0. The summed E-state index contributed by atoms with van der Waals surface area (Å²) in [5, 5.41) is 2.31. The van der Waals surface area contributed by atoms with Crippen molar-refractivity contribution < 1.29 is 14.4 Å². The number of nitrogens with zero attached hydrogens (tertiary/aromatic N) is 1. The van der Waals surface area contributed by atoms with E-state index in [1.165, 1.54) is 13.1 Å². The van der Waals surface area contributed by atoms with Gasteiger partial charge in [-0.15, -0.1) is 0 Å². The maximum atomic E-state index is 11.5. The lowest BCUT2D eigenvalue weighted by molar-refractivity contribution is -0.113. The molecule has 0 spiro atoms. The van der Waals surface area contributed by atoms with E-state index in [2.05, 4.69) is 5.32 Å². The van der Waals surface area contributed by atoms with Crippen molar-refractivity contribution in [3.8, 4) is 0 Å². The van der Waals surface area contributed by atoms with Gasteiger partial charge in [-0.3, -0.25) is 9.59 Å². The number of hydrogen-bond donors (Lipinski definition) is 1. The zero-order valence-electron chi connectivity index (χ0n) is 7.98. The Morgan fingerprint density at radius 2 is 1.93 bits per heavy atom. The van der Waals surface area contributed by atoms with Gasteiger partial charge in [-0.25, -0.2) is 9.69 Å². The highest BCUT2D eigenvalue weighted by atomic mass is 16.2. The average Bonchev–Trinajstić information content (AvgIpc) is 2.52. The first-order valence-electron chi connectivity index (χ1n) is 4.36. The SMILES string of the molecule is CNC(=O)N1C(=O)C(=O)c2ccccc21. The van der Waals surface area contributed by atoms with Gasteiger partial charge in [-0.05, 0) is 12.1 Å². The topological polar surface area (TPSA) is 66.5 Å². The molecule has 2 rings (SSSR count). The maximum absolute atomic E-state index is 11.5. The predicted octanol–water partition coefficient (Wildman–Crippen LogP) is 0.555. The maximum Gasteiger partial charge on any atom is 0.328 e. The van der Waals surface area contributed by atoms with E-state index in [0.29, 0.717) is 5.69 Å². The third kappa shape index (κ3) is 1.20. The summed E-state index contributed by atoms with van der Waals surface area (Å²) in [5.41, 5.74) is 0.609. The summed E-state index contributed by atoms with van der Waals surface area (Å²) >= 11 is 0. The van der Waals surface area contributed by atoms with Crippen LogP contribution in [0.15, 0.2) is 24.3 Å². The number of carbonyl (C=O) groups is 3. The minimum atomic E-state index is -0.810. The number of para-hydroxylation sites is 1. The summed E-state index contributed by atoms with van der Waals surface area (Å²) in [7, 11) is 1.40. The molecule has 0 saturated heterocycles. The standard InChI is InChI=1S/C10H8N2O3/c1-11-10(15)12-7-5-3-2-4-6(7)8(13)9(12)14/h2-5H,1H3,(H,11,15). The summed E-state index contributed by atoms with van der Waals surface area (Å²) in [5.74, 6) is -1.45. The Hall–Kier alpha value is -2.17. The minimum Gasteiger partial charge on any atom is -0.340 e. The lowest BCUT2D eigenvalue weighted by Gasteiger charge is -2.12. The van der Waals surface area contributed by atoms with Crippen LogP contribution in [0.3, 0.4) is 0 Å². The van der Waals surface area contributed by atoms with Crippen LogP contribution < -0.4 is 10.2 Å². The molecule has 76 valence electrons. The number of fused-ring (bicyclic) bond motifs is 1. The van der Waals surface area contributed by atoms with Crippen LogP contribution in [0.4, 0.5) is 10.5 Å². The van der Waals surface area contributed by atoms with E-state index in [0.717, 1.165) is 4.90 Å². The molecule has 3 amide bonds. The number of rotatable bonds is 0. The number of ketones is 1. The molecule has 0 aliphatic carbocycles. The van der Waals surface area contributed by atoms with Crippen molar-refractivity contribution >= 4 is 23.4 Å². The molecule has 0 atom stereocenters. The molecule has 0 unspecified atom stereocenters. The van der Waals surface area contributed by atoms with Gasteiger partial charge < -0.3 is 5.32 Å². The minimum absolute atomic E-state index is 0.270. The molecule has 0 bridgehead atoms.